The van der Waals surface area contributed by atoms with Crippen LogP contribution in [0.15, 0.2) is 18.2 Å². The van der Waals surface area contributed by atoms with Gasteiger partial charge >= 0.3 is 12.1 Å². The van der Waals surface area contributed by atoms with Gasteiger partial charge in [0.15, 0.2) is 0 Å². The third-order valence-electron chi connectivity index (χ3n) is 8.26. The van der Waals surface area contributed by atoms with E-state index in [1.807, 2.05) is 7.05 Å². The summed E-state index contributed by atoms with van der Waals surface area (Å²) in [6.07, 6.45) is -3.52. The van der Waals surface area contributed by atoms with E-state index in [9.17, 15) is 27.6 Å². The number of likely N-dealkylation sites (tertiary alicyclic amines) is 1. The topological polar surface area (TPSA) is 99.9 Å². The minimum Gasteiger partial charge on any atom is -0.462 e. The number of carbonyl (C=O) groups is 3. The number of anilines is 1. The zero-order chi connectivity index (χ0) is 26.2. The molecule has 0 N–H and O–H groups in total. The lowest BCUT2D eigenvalue weighted by molar-refractivity contribution is -0.163. The Hall–Kier alpha value is -2.97. The average Bonchev–Trinajstić information content (AvgIpc) is 3.35. The second-order valence-corrected chi connectivity index (χ2v) is 10.6. The van der Waals surface area contributed by atoms with Crippen LogP contribution in [0.3, 0.4) is 0 Å². The number of alkyl halides is 3. The van der Waals surface area contributed by atoms with Gasteiger partial charge in [-0.1, -0.05) is 0 Å². The zero-order valence-electron chi connectivity index (χ0n) is 20.1. The van der Waals surface area contributed by atoms with Gasteiger partial charge in [0.1, 0.15) is 6.10 Å². The molecule has 36 heavy (non-hydrogen) atoms. The summed E-state index contributed by atoms with van der Waals surface area (Å²) in [7, 11) is 1.99. The lowest BCUT2D eigenvalue weighted by Gasteiger charge is -2.35. The van der Waals surface area contributed by atoms with Gasteiger partial charge in [0, 0.05) is 13.1 Å². The van der Waals surface area contributed by atoms with Gasteiger partial charge in [-0.15, -0.1) is 0 Å². The number of nitriles is 1. The van der Waals surface area contributed by atoms with E-state index in [-0.39, 0.29) is 18.2 Å². The van der Waals surface area contributed by atoms with E-state index in [1.165, 1.54) is 6.07 Å². The third-order valence-corrected chi connectivity index (χ3v) is 8.26. The molecule has 4 fully saturated rings. The Morgan fingerprint density at radius 3 is 2.42 bits per heavy atom. The molecule has 1 aromatic rings. The predicted octanol–water partition coefficient (Wildman–Crippen LogP) is 2.89. The number of hydrogen-bond donors (Lipinski definition) is 0. The highest BCUT2D eigenvalue weighted by molar-refractivity contribution is 6.23. The summed E-state index contributed by atoms with van der Waals surface area (Å²) in [4.78, 5) is 43.1. The van der Waals surface area contributed by atoms with E-state index in [0.29, 0.717) is 18.9 Å². The lowest BCUT2D eigenvalue weighted by Crippen LogP contribution is -2.50. The van der Waals surface area contributed by atoms with Crippen LogP contribution < -0.4 is 4.90 Å². The summed E-state index contributed by atoms with van der Waals surface area (Å²) in [6, 6.07) is 4.24. The number of esters is 1. The van der Waals surface area contributed by atoms with Crippen molar-refractivity contribution in [1.82, 2.24) is 4.90 Å². The van der Waals surface area contributed by atoms with E-state index in [1.54, 1.807) is 13.8 Å². The molecule has 4 heterocycles. The number of amides is 2. The fourth-order valence-corrected chi connectivity index (χ4v) is 6.48. The van der Waals surface area contributed by atoms with E-state index in [0.717, 1.165) is 30.1 Å². The molecule has 4 saturated heterocycles. The van der Waals surface area contributed by atoms with Gasteiger partial charge in [-0.05, 0) is 58.4 Å². The number of halogens is 3. The van der Waals surface area contributed by atoms with Crippen LogP contribution in [0.4, 0.5) is 18.9 Å². The summed E-state index contributed by atoms with van der Waals surface area (Å²) in [6.45, 7) is 4.86. The van der Waals surface area contributed by atoms with Crippen molar-refractivity contribution in [2.45, 2.75) is 56.6 Å². The molecular weight excluding hydrogens is 479 g/mol. The van der Waals surface area contributed by atoms with E-state index < -0.39 is 64.0 Å². The zero-order valence-corrected chi connectivity index (χ0v) is 20.1. The third kappa shape index (κ3) is 3.53. The molecule has 2 unspecified atom stereocenters. The van der Waals surface area contributed by atoms with Crippen molar-refractivity contribution in [3.63, 3.8) is 0 Å². The molecule has 5 atom stereocenters. The van der Waals surface area contributed by atoms with Crippen LogP contribution in [0.1, 0.15) is 44.2 Å². The first kappa shape index (κ1) is 24.7. The molecule has 0 radical (unpaired) electrons. The number of benzene rings is 1. The van der Waals surface area contributed by atoms with Gasteiger partial charge in [-0.25, -0.2) is 4.90 Å². The van der Waals surface area contributed by atoms with Crippen molar-refractivity contribution in [2.75, 3.05) is 25.0 Å². The Kier molecular flexibility index (Phi) is 5.50. The maximum atomic E-state index is 13.6. The van der Waals surface area contributed by atoms with Gasteiger partial charge in [-0.3, -0.25) is 14.4 Å². The first-order valence-corrected chi connectivity index (χ1v) is 11.9. The smallest absolute Gasteiger partial charge is 0.417 e. The van der Waals surface area contributed by atoms with Crippen LogP contribution in [0.5, 0.6) is 0 Å². The predicted molar refractivity (Wildman–Crippen MR) is 118 cm³/mol. The number of piperidine rings is 1. The average molecular weight is 505 g/mol. The lowest BCUT2D eigenvalue weighted by atomic mass is 9.64. The Bertz CT molecular complexity index is 1190. The highest BCUT2D eigenvalue weighted by atomic mass is 19.4. The maximum Gasteiger partial charge on any atom is 0.417 e. The molecule has 2 amide bonds. The summed E-state index contributed by atoms with van der Waals surface area (Å²) in [5, 5.41) is 9.07. The molecule has 0 aliphatic carbocycles. The quantitative estimate of drug-likeness (QED) is 0.460. The SMILES string of the molecule is CN1CCC(OC(=O)[C@@H]2CC3(C)OC2(C)[C@@H]2C(=O)N(c4ccc(C#N)c(C(F)(F)F)c4)C(=O)[C@@H]23)CC1. The molecule has 2 bridgehead atoms. The number of fused-ring (bicyclic) bond motifs is 5. The van der Waals surface area contributed by atoms with Gasteiger partial charge in [0.05, 0.1) is 51.8 Å². The van der Waals surface area contributed by atoms with Gasteiger partial charge < -0.3 is 14.4 Å². The fraction of sp³-hybridized carbons (Fsp3) is 0.600. The van der Waals surface area contributed by atoms with Crippen molar-refractivity contribution >= 4 is 23.5 Å². The van der Waals surface area contributed by atoms with Gasteiger partial charge in [0.2, 0.25) is 11.8 Å². The molecular formula is C25H26F3N3O5. The molecule has 192 valence electrons. The Labute approximate surface area is 205 Å². The number of hydrogen-bond acceptors (Lipinski definition) is 7. The largest absolute Gasteiger partial charge is 0.462 e. The molecule has 0 aromatic heterocycles. The van der Waals surface area contributed by atoms with Crippen LogP contribution in [0, 0.1) is 29.1 Å². The monoisotopic (exact) mass is 505 g/mol. The molecule has 0 spiro atoms. The molecule has 1 aromatic carbocycles. The normalized spacial score (nSPS) is 34.7. The Morgan fingerprint density at radius 1 is 1.17 bits per heavy atom. The summed E-state index contributed by atoms with van der Waals surface area (Å²) in [5.74, 6) is -4.63. The highest BCUT2D eigenvalue weighted by Gasteiger charge is 2.77. The minimum atomic E-state index is -4.84. The number of rotatable bonds is 3. The van der Waals surface area contributed by atoms with Crippen molar-refractivity contribution in [3.8, 4) is 6.07 Å². The number of carbonyl (C=O) groups excluding carboxylic acids is 3. The van der Waals surface area contributed by atoms with Crippen molar-refractivity contribution in [3.05, 3.63) is 29.3 Å². The fourth-order valence-electron chi connectivity index (χ4n) is 6.48. The summed E-state index contributed by atoms with van der Waals surface area (Å²) >= 11 is 0. The molecule has 4 aliphatic rings. The summed E-state index contributed by atoms with van der Waals surface area (Å²) in [5.41, 5.74) is -4.57. The number of nitrogens with zero attached hydrogens (tertiary/aromatic N) is 3. The van der Waals surface area contributed by atoms with Crippen molar-refractivity contribution < 1.29 is 37.0 Å². The van der Waals surface area contributed by atoms with E-state index >= 15 is 0 Å². The first-order valence-electron chi connectivity index (χ1n) is 11.9. The van der Waals surface area contributed by atoms with E-state index in [2.05, 4.69) is 4.90 Å². The maximum absolute atomic E-state index is 13.6. The minimum absolute atomic E-state index is 0.171. The van der Waals surface area contributed by atoms with Crippen LogP contribution in [0.25, 0.3) is 0 Å². The highest BCUT2D eigenvalue weighted by Crippen LogP contribution is 2.63. The molecule has 5 rings (SSSR count). The van der Waals surface area contributed by atoms with Gasteiger partial charge in [-0.2, -0.15) is 18.4 Å². The van der Waals surface area contributed by atoms with Crippen LogP contribution in [-0.2, 0) is 30.0 Å². The van der Waals surface area contributed by atoms with Crippen molar-refractivity contribution in [1.29, 1.82) is 5.26 Å². The van der Waals surface area contributed by atoms with Gasteiger partial charge in [0.25, 0.3) is 0 Å². The molecule has 4 aliphatic heterocycles. The number of imide groups is 1. The van der Waals surface area contributed by atoms with Crippen LogP contribution >= 0.6 is 0 Å². The Morgan fingerprint density at radius 2 is 1.81 bits per heavy atom. The molecule has 0 saturated carbocycles. The Balaban J connectivity index is 1.44. The second kappa shape index (κ2) is 8.02. The molecule has 11 heteroatoms. The van der Waals surface area contributed by atoms with Crippen molar-refractivity contribution in [2.24, 2.45) is 17.8 Å². The van der Waals surface area contributed by atoms with Crippen LogP contribution in [0.2, 0.25) is 0 Å². The standard InChI is InChI=1S/C25H26F3N3O5/c1-23-11-17(22(34)35-15-6-8-30(3)9-7-15)24(2,36-23)19-18(23)20(32)31(21(19)33)14-5-4-13(12-29)16(10-14)25(26,27)28/h4-5,10,15,17-19H,6-9,11H2,1-3H3/t17-,18+,19-,23?,24?/m0/s1. The number of ether oxygens (including phenoxy) is 2. The van der Waals surface area contributed by atoms with Crippen LogP contribution in [-0.4, -0.2) is 60.1 Å². The first-order chi connectivity index (χ1) is 16.8. The molecule has 8 nitrogen and oxygen atoms in total. The summed E-state index contributed by atoms with van der Waals surface area (Å²) < 4.78 is 52.5. The van der Waals surface area contributed by atoms with E-state index in [4.69, 9.17) is 14.7 Å². The second-order valence-electron chi connectivity index (χ2n) is 10.6.